The molecule has 0 aliphatic rings. The molecule has 26 heavy (non-hydrogen) atoms. The molecule has 0 atom stereocenters. The summed E-state index contributed by atoms with van der Waals surface area (Å²) in [6.07, 6.45) is 1.55. The van der Waals surface area contributed by atoms with Gasteiger partial charge in [-0.05, 0) is 51.3 Å². The van der Waals surface area contributed by atoms with Crippen LogP contribution in [0.1, 0.15) is 32.8 Å². The summed E-state index contributed by atoms with van der Waals surface area (Å²) in [5.41, 5.74) is 0.788. The van der Waals surface area contributed by atoms with Crippen molar-refractivity contribution in [2.24, 2.45) is 4.99 Å². The Hall–Kier alpha value is -2.44. The van der Waals surface area contributed by atoms with Gasteiger partial charge >= 0.3 is 6.09 Å². The predicted octanol–water partition coefficient (Wildman–Crippen LogP) is 2.32. The van der Waals surface area contributed by atoms with E-state index in [0.29, 0.717) is 19.0 Å². The monoisotopic (exact) mass is 364 g/mol. The Balaban J connectivity index is 2.15. The number of guanidine groups is 1. The van der Waals surface area contributed by atoms with Gasteiger partial charge in [-0.3, -0.25) is 4.99 Å². The molecule has 0 bridgehead atoms. The first kappa shape index (κ1) is 21.6. The third kappa shape index (κ3) is 9.76. The maximum atomic E-state index is 11.5. The maximum Gasteiger partial charge on any atom is 0.407 e. The van der Waals surface area contributed by atoms with Crippen LogP contribution in [0.3, 0.4) is 0 Å². The van der Waals surface area contributed by atoms with Crippen LogP contribution in [0.2, 0.25) is 0 Å². The van der Waals surface area contributed by atoms with Gasteiger partial charge in [0.25, 0.3) is 0 Å². The molecular formula is C19H32N4O3. The third-order valence-corrected chi connectivity index (χ3v) is 3.40. The highest BCUT2D eigenvalue weighted by molar-refractivity contribution is 5.79. The highest BCUT2D eigenvalue weighted by Crippen LogP contribution is 2.12. The first-order valence-corrected chi connectivity index (χ1v) is 8.88. The summed E-state index contributed by atoms with van der Waals surface area (Å²) < 4.78 is 10.3. The quantitative estimate of drug-likeness (QED) is 0.375. The lowest BCUT2D eigenvalue weighted by Gasteiger charge is -2.19. The van der Waals surface area contributed by atoms with E-state index in [0.717, 1.165) is 25.1 Å². The van der Waals surface area contributed by atoms with E-state index in [1.54, 1.807) is 14.2 Å². The zero-order chi connectivity index (χ0) is 19.4. The fourth-order valence-electron chi connectivity index (χ4n) is 2.17. The standard InChI is InChI=1S/C19H32N4O3/c1-19(2,3)26-18(24)23-14-13-22-17(20-4)21-12-6-7-15-8-10-16(25-5)11-9-15/h8-11H,6-7,12-14H2,1-5H3,(H,23,24)(H2,20,21,22). The van der Waals surface area contributed by atoms with Crippen LogP contribution >= 0.6 is 0 Å². The minimum atomic E-state index is -0.487. The second kappa shape index (κ2) is 11.2. The largest absolute Gasteiger partial charge is 0.497 e. The fraction of sp³-hybridized carbons (Fsp3) is 0.579. The van der Waals surface area contributed by atoms with Crippen LogP contribution in [0.5, 0.6) is 5.75 Å². The highest BCUT2D eigenvalue weighted by atomic mass is 16.6. The molecule has 1 aromatic carbocycles. The van der Waals surface area contributed by atoms with Crippen LogP contribution in [0.4, 0.5) is 4.79 Å². The van der Waals surface area contributed by atoms with E-state index in [4.69, 9.17) is 9.47 Å². The number of aliphatic imine (C=N–C) groups is 1. The molecule has 0 spiro atoms. The molecule has 7 nitrogen and oxygen atoms in total. The van der Waals surface area contributed by atoms with Crippen LogP contribution in [0.25, 0.3) is 0 Å². The first-order chi connectivity index (χ1) is 12.3. The SMILES string of the molecule is CN=C(NCCCc1ccc(OC)cc1)NCCNC(=O)OC(C)(C)C. The van der Waals surface area contributed by atoms with E-state index < -0.39 is 11.7 Å². The van der Waals surface area contributed by atoms with Gasteiger partial charge in [-0.2, -0.15) is 0 Å². The van der Waals surface area contributed by atoms with Gasteiger partial charge in [0, 0.05) is 26.7 Å². The molecule has 1 aromatic rings. The Kier molecular flexibility index (Phi) is 9.33. The van der Waals surface area contributed by atoms with Crippen molar-refractivity contribution in [1.29, 1.82) is 0 Å². The molecule has 0 aliphatic heterocycles. The van der Waals surface area contributed by atoms with Crippen LogP contribution < -0.4 is 20.7 Å². The zero-order valence-electron chi connectivity index (χ0n) is 16.5. The molecular weight excluding hydrogens is 332 g/mol. The molecule has 0 heterocycles. The highest BCUT2D eigenvalue weighted by Gasteiger charge is 2.15. The van der Waals surface area contributed by atoms with Crippen LogP contribution in [0.15, 0.2) is 29.3 Å². The van der Waals surface area contributed by atoms with Crippen LogP contribution in [0, 0.1) is 0 Å². The molecule has 1 rings (SSSR count). The number of hydrogen-bond donors (Lipinski definition) is 3. The molecule has 7 heteroatoms. The molecule has 0 aliphatic carbocycles. The number of methoxy groups -OCH3 is 1. The van der Waals surface area contributed by atoms with E-state index in [-0.39, 0.29) is 0 Å². The number of carbonyl (C=O) groups excluding carboxylic acids is 1. The Morgan fingerprint density at radius 3 is 2.23 bits per heavy atom. The summed E-state index contributed by atoms with van der Waals surface area (Å²) >= 11 is 0. The number of carbonyl (C=O) groups is 1. The molecule has 0 aromatic heterocycles. The minimum absolute atomic E-state index is 0.415. The normalized spacial score (nSPS) is 11.7. The number of ether oxygens (including phenoxy) is 2. The summed E-state index contributed by atoms with van der Waals surface area (Å²) in [6.45, 7) is 7.34. The summed E-state index contributed by atoms with van der Waals surface area (Å²) in [7, 11) is 3.39. The van der Waals surface area contributed by atoms with Gasteiger partial charge in [-0.1, -0.05) is 12.1 Å². The third-order valence-electron chi connectivity index (χ3n) is 3.40. The number of alkyl carbamates (subject to hydrolysis) is 1. The summed E-state index contributed by atoms with van der Waals surface area (Å²) in [5.74, 6) is 1.59. The Labute approximate surface area is 156 Å². The van der Waals surface area contributed by atoms with Crippen molar-refractivity contribution in [2.75, 3.05) is 33.8 Å². The average Bonchev–Trinajstić information content (AvgIpc) is 2.59. The van der Waals surface area contributed by atoms with Gasteiger partial charge in [0.1, 0.15) is 11.4 Å². The predicted molar refractivity (Wildman–Crippen MR) is 105 cm³/mol. The van der Waals surface area contributed by atoms with E-state index >= 15 is 0 Å². The van der Waals surface area contributed by atoms with Crippen molar-refractivity contribution in [1.82, 2.24) is 16.0 Å². The number of nitrogens with one attached hydrogen (secondary N) is 3. The molecule has 3 N–H and O–H groups in total. The van der Waals surface area contributed by atoms with Gasteiger partial charge < -0.3 is 25.4 Å². The molecule has 0 saturated carbocycles. The van der Waals surface area contributed by atoms with Crippen molar-refractivity contribution in [3.8, 4) is 5.75 Å². The Bertz CT molecular complexity index is 565. The van der Waals surface area contributed by atoms with Crippen molar-refractivity contribution >= 4 is 12.1 Å². The minimum Gasteiger partial charge on any atom is -0.497 e. The summed E-state index contributed by atoms with van der Waals surface area (Å²) in [5, 5.41) is 9.11. The molecule has 0 saturated heterocycles. The van der Waals surface area contributed by atoms with Crippen molar-refractivity contribution < 1.29 is 14.3 Å². The van der Waals surface area contributed by atoms with E-state index in [9.17, 15) is 4.79 Å². The van der Waals surface area contributed by atoms with Gasteiger partial charge in [0.2, 0.25) is 0 Å². The summed E-state index contributed by atoms with van der Waals surface area (Å²) in [6, 6.07) is 8.10. The van der Waals surface area contributed by atoms with Gasteiger partial charge in [-0.25, -0.2) is 4.79 Å². The van der Waals surface area contributed by atoms with E-state index in [1.807, 2.05) is 32.9 Å². The Morgan fingerprint density at radius 1 is 1.04 bits per heavy atom. The second-order valence-electron chi connectivity index (χ2n) is 6.81. The van der Waals surface area contributed by atoms with Crippen LogP contribution in [-0.4, -0.2) is 51.4 Å². The number of nitrogens with zero attached hydrogens (tertiary/aromatic N) is 1. The number of hydrogen-bond acceptors (Lipinski definition) is 4. The van der Waals surface area contributed by atoms with E-state index in [1.165, 1.54) is 5.56 Å². The average molecular weight is 364 g/mol. The van der Waals surface area contributed by atoms with Crippen molar-refractivity contribution in [2.45, 2.75) is 39.2 Å². The number of aryl methyl sites for hydroxylation is 1. The molecule has 0 radical (unpaired) electrons. The first-order valence-electron chi connectivity index (χ1n) is 8.88. The summed E-state index contributed by atoms with van der Waals surface area (Å²) in [4.78, 5) is 15.7. The van der Waals surface area contributed by atoms with E-state index in [2.05, 4.69) is 33.1 Å². The van der Waals surface area contributed by atoms with Crippen molar-refractivity contribution in [3.63, 3.8) is 0 Å². The van der Waals surface area contributed by atoms with Gasteiger partial charge in [0.05, 0.1) is 7.11 Å². The lowest BCUT2D eigenvalue weighted by atomic mass is 10.1. The second-order valence-corrected chi connectivity index (χ2v) is 6.81. The Morgan fingerprint density at radius 2 is 1.65 bits per heavy atom. The fourth-order valence-corrected chi connectivity index (χ4v) is 2.17. The van der Waals surface area contributed by atoms with Crippen LogP contribution in [-0.2, 0) is 11.2 Å². The lowest BCUT2D eigenvalue weighted by molar-refractivity contribution is 0.0529. The topological polar surface area (TPSA) is 84.0 Å². The number of benzene rings is 1. The maximum absolute atomic E-state index is 11.5. The molecule has 1 amide bonds. The zero-order valence-corrected chi connectivity index (χ0v) is 16.5. The lowest BCUT2D eigenvalue weighted by Crippen LogP contribution is -2.42. The van der Waals surface area contributed by atoms with Crippen molar-refractivity contribution in [3.05, 3.63) is 29.8 Å². The molecule has 0 unspecified atom stereocenters. The number of rotatable bonds is 8. The number of amides is 1. The molecule has 0 fully saturated rings. The molecule has 146 valence electrons. The van der Waals surface area contributed by atoms with Gasteiger partial charge in [0.15, 0.2) is 5.96 Å². The van der Waals surface area contributed by atoms with Gasteiger partial charge in [-0.15, -0.1) is 0 Å². The smallest absolute Gasteiger partial charge is 0.407 e.